The largest absolute Gasteiger partial charge is 0.345 e. The first-order chi connectivity index (χ1) is 14.1. The van der Waals surface area contributed by atoms with Crippen LogP contribution in [0, 0.1) is 13.8 Å². The van der Waals surface area contributed by atoms with Gasteiger partial charge in [0.15, 0.2) is 5.13 Å². The summed E-state index contributed by atoms with van der Waals surface area (Å²) < 4.78 is 1.25. The molecule has 1 aliphatic heterocycles. The van der Waals surface area contributed by atoms with Crippen molar-refractivity contribution in [1.82, 2.24) is 15.2 Å². The van der Waals surface area contributed by atoms with Crippen LogP contribution in [0.25, 0.3) is 10.2 Å². The van der Waals surface area contributed by atoms with E-state index in [-0.39, 0.29) is 6.03 Å². The van der Waals surface area contributed by atoms with Gasteiger partial charge in [-0.1, -0.05) is 47.7 Å². The standard InChI is InChI=1S/C23H28N4OS/c1-17-15-18(2)21-20(16-17)29-23(25-21)27-13-11-26(12-14-27)22(28)24-10-6-9-19-7-4-3-5-8-19/h3-5,7-8,15-16H,6,9-14H2,1-2H3,(H,24,28). The monoisotopic (exact) mass is 408 g/mol. The molecular formula is C23H28N4OS. The molecule has 4 rings (SSSR count). The lowest BCUT2D eigenvalue weighted by Gasteiger charge is -2.34. The molecule has 3 aromatic rings. The summed E-state index contributed by atoms with van der Waals surface area (Å²) >= 11 is 1.75. The quantitative estimate of drug-likeness (QED) is 0.638. The number of piperazine rings is 1. The topological polar surface area (TPSA) is 48.5 Å². The number of carbonyl (C=O) groups excluding carboxylic acids is 1. The zero-order valence-corrected chi connectivity index (χ0v) is 18.0. The molecule has 0 bridgehead atoms. The van der Waals surface area contributed by atoms with E-state index in [1.54, 1.807) is 11.3 Å². The number of hydrogen-bond donors (Lipinski definition) is 1. The Labute approximate surface area is 176 Å². The first kappa shape index (κ1) is 19.7. The molecule has 0 atom stereocenters. The summed E-state index contributed by atoms with van der Waals surface area (Å²) in [6.45, 7) is 8.09. The maximum atomic E-state index is 12.5. The fourth-order valence-electron chi connectivity index (χ4n) is 3.84. The van der Waals surface area contributed by atoms with Crippen LogP contribution in [-0.4, -0.2) is 48.6 Å². The highest BCUT2D eigenvalue weighted by Crippen LogP contribution is 2.32. The number of hydrogen-bond acceptors (Lipinski definition) is 4. The lowest BCUT2D eigenvalue weighted by Crippen LogP contribution is -2.52. The van der Waals surface area contributed by atoms with E-state index in [0.29, 0.717) is 6.54 Å². The molecule has 1 aliphatic rings. The van der Waals surface area contributed by atoms with Gasteiger partial charge in [0.1, 0.15) is 0 Å². The maximum Gasteiger partial charge on any atom is 0.317 e. The number of aromatic nitrogens is 1. The van der Waals surface area contributed by atoms with Gasteiger partial charge in [-0.25, -0.2) is 9.78 Å². The summed E-state index contributed by atoms with van der Waals surface area (Å²) in [6.07, 6.45) is 1.95. The second-order valence-corrected chi connectivity index (χ2v) is 8.73. The van der Waals surface area contributed by atoms with Gasteiger partial charge in [0.2, 0.25) is 0 Å². The zero-order chi connectivity index (χ0) is 20.2. The molecule has 152 valence electrons. The number of anilines is 1. The Morgan fingerprint density at radius 3 is 2.62 bits per heavy atom. The highest BCUT2D eigenvalue weighted by Gasteiger charge is 2.23. The van der Waals surface area contributed by atoms with Crippen LogP contribution in [0.5, 0.6) is 0 Å². The summed E-state index contributed by atoms with van der Waals surface area (Å²) in [5.41, 5.74) is 4.93. The van der Waals surface area contributed by atoms with E-state index in [1.807, 2.05) is 11.0 Å². The van der Waals surface area contributed by atoms with Gasteiger partial charge >= 0.3 is 6.03 Å². The number of urea groups is 1. The van der Waals surface area contributed by atoms with Gasteiger partial charge in [0.05, 0.1) is 10.2 Å². The summed E-state index contributed by atoms with van der Waals surface area (Å²) in [5, 5.41) is 4.13. The zero-order valence-electron chi connectivity index (χ0n) is 17.1. The Morgan fingerprint density at radius 2 is 1.86 bits per heavy atom. The molecule has 5 nitrogen and oxygen atoms in total. The van der Waals surface area contributed by atoms with Crippen molar-refractivity contribution < 1.29 is 4.79 Å². The minimum Gasteiger partial charge on any atom is -0.345 e. The van der Waals surface area contributed by atoms with Crippen molar-refractivity contribution in [2.24, 2.45) is 0 Å². The first-order valence-corrected chi connectivity index (χ1v) is 11.1. The molecule has 2 heterocycles. The Hall–Kier alpha value is -2.60. The fourth-order valence-corrected chi connectivity index (χ4v) is 5.03. The molecule has 0 saturated carbocycles. The highest BCUT2D eigenvalue weighted by atomic mass is 32.1. The Morgan fingerprint density at radius 1 is 1.10 bits per heavy atom. The fraction of sp³-hybridized carbons (Fsp3) is 0.391. The van der Waals surface area contributed by atoms with E-state index in [0.717, 1.165) is 49.7 Å². The second kappa shape index (κ2) is 8.82. The van der Waals surface area contributed by atoms with E-state index < -0.39 is 0 Å². The average Bonchev–Trinajstić information content (AvgIpc) is 3.16. The lowest BCUT2D eigenvalue weighted by molar-refractivity contribution is 0.194. The normalized spacial score (nSPS) is 14.4. The number of aryl methyl sites for hydroxylation is 3. The summed E-state index contributed by atoms with van der Waals surface area (Å²) in [4.78, 5) is 21.5. The number of nitrogens with zero attached hydrogens (tertiary/aromatic N) is 3. The highest BCUT2D eigenvalue weighted by molar-refractivity contribution is 7.22. The van der Waals surface area contributed by atoms with Crippen LogP contribution in [0.2, 0.25) is 0 Å². The molecule has 0 radical (unpaired) electrons. The molecule has 1 saturated heterocycles. The van der Waals surface area contributed by atoms with Crippen LogP contribution in [0.3, 0.4) is 0 Å². The van der Waals surface area contributed by atoms with E-state index in [4.69, 9.17) is 4.98 Å². The van der Waals surface area contributed by atoms with E-state index in [9.17, 15) is 4.79 Å². The van der Waals surface area contributed by atoms with Crippen LogP contribution in [0.1, 0.15) is 23.1 Å². The van der Waals surface area contributed by atoms with Gasteiger partial charge in [-0.05, 0) is 49.4 Å². The van der Waals surface area contributed by atoms with Gasteiger partial charge in [-0.3, -0.25) is 0 Å². The summed E-state index contributed by atoms with van der Waals surface area (Å²) in [7, 11) is 0. The molecule has 6 heteroatoms. The Kier molecular flexibility index (Phi) is 6.00. The summed E-state index contributed by atoms with van der Waals surface area (Å²) in [6, 6.07) is 14.9. The molecule has 0 aliphatic carbocycles. The minimum absolute atomic E-state index is 0.0495. The third kappa shape index (κ3) is 4.70. The second-order valence-electron chi connectivity index (χ2n) is 7.72. The number of carbonyl (C=O) groups is 1. The van der Waals surface area contributed by atoms with Crippen molar-refractivity contribution in [2.45, 2.75) is 26.7 Å². The Bertz CT molecular complexity index is 977. The van der Waals surface area contributed by atoms with Crippen molar-refractivity contribution in [2.75, 3.05) is 37.6 Å². The maximum absolute atomic E-state index is 12.5. The molecule has 1 aromatic heterocycles. The van der Waals surface area contributed by atoms with Gasteiger partial charge in [-0.15, -0.1) is 0 Å². The number of fused-ring (bicyclic) bond motifs is 1. The molecular weight excluding hydrogens is 380 g/mol. The molecule has 0 unspecified atom stereocenters. The van der Waals surface area contributed by atoms with Crippen molar-refractivity contribution in [3.8, 4) is 0 Å². The molecule has 2 amide bonds. The first-order valence-electron chi connectivity index (χ1n) is 10.3. The molecule has 1 N–H and O–H groups in total. The average molecular weight is 409 g/mol. The summed E-state index contributed by atoms with van der Waals surface area (Å²) in [5.74, 6) is 0. The van der Waals surface area contributed by atoms with Crippen molar-refractivity contribution >= 4 is 32.7 Å². The minimum atomic E-state index is 0.0495. The molecule has 29 heavy (non-hydrogen) atoms. The lowest BCUT2D eigenvalue weighted by atomic mass is 10.1. The molecule has 0 spiro atoms. The van der Waals surface area contributed by atoms with E-state index >= 15 is 0 Å². The predicted octanol–water partition coefficient (Wildman–Crippen LogP) is 4.38. The van der Waals surface area contributed by atoms with E-state index in [1.165, 1.54) is 21.4 Å². The third-order valence-electron chi connectivity index (χ3n) is 5.42. The number of thiazole rings is 1. The van der Waals surface area contributed by atoms with Crippen molar-refractivity contribution in [1.29, 1.82) is 0 Å². The van der Waals surface area contributed by atoms with Crippen molar-refractivity contribution in [3.05, 3.63) is 59.2 Å². The third-order valence-corrected chi connectivity index (χ3v) is 6.48. The number of benzene rings is 2. The van der Waals surface area contributed by atoms with Gasteiger partial charge in [0, 0.05) is 32.7 Å². The van der Waals surface area contributed by atoms with Crippen LogP contribution >= 0.6 is 11.3 Å². The number of nitrogens with one attached hydrogen (secondary N) is 1. The van der Waals surface area contributed by atoms with Crippen LogP contribution in [0.4, 0.5) is 9.93 Å². The number of amides is 2. The smallest absolute Gasteiger partial charge is 0.317 e. The molecule has 1 fully saturated rings. The van der Waals surface area contributed by atoms with E-state index in [2.05, 4.69) is 60.5 Å². The van der Waals surface area contributed by atoms with Gasteiger partial charge in [-0.2, -0.15) is 0 Å². The van der Waals surface area contributed by atoms with Gasteiger partial charge < -0.3 is 15.1 Å². The van der Waals surface area contributed by atoms with Crippen LogP contribution in [-0.2, 0) is 6.42 Å². The van der Waals surface area contributed by atoms with Crippen LogP contribution < -0.4 is 10.2 Å². The van der Waals surface area contributed by atoms with Crippen LogP contribution in [0.15, 0.2) is 42.5 Å². The number of rotatable bonds is 5. The van der Waals surface area contributed by atoms with Gasteiger partial charge in [0.25, 0.3) is 0 Å². The Balaban J connectivity index is 1.26. The van der Waals surface area contributed by atoms with Crippen molar-refractivity contribution in [3.63, 3.8) is 0 Å². The molecule has 2 aromatic carbocycles. The SMILES string of the molecule is Cc1cc(C)c2nc(N3CCN(C(=O)NCCCc4ccccc4)CC3)sc2c1. The predicted molar refractivity (Wildman–Crippen MR) is 121 cm³/mol.